The molecule has 1 aromatic rings. The molecule has 1 atom stereocenters. The average molecular weight is 264 g/mol. The molecule has 0 N–H and O–H groups in total. The van der Waals surface area contributed by atoms with Crippen molar-refractivity contribution in [1.29, 1.82) is 5.26 Å². The van der Waals surface area contributed by atoms with E-state index in [-0.39, 0.29) is 0 Å². The van der Waals surface area contributed by atoms with Gasteiger partial charge >= 0.3 is 0 Å². The molecule has 0 saturated carbocycles. The monoisotopic (exact) mass is 263 g/mol. The van der Waals surface area contributed by atoms with Crippen LogP contribution >= 0.6 is 11.6 Å². The van der Waals surface area contributed by atoms with E-state index in [2.05, 4.69) is 30.0 Å². The zero-order valence-electron chi connectivity index (χ0n) is 10.9. The van der Waals surface area contributed by atoms with Crippen molar-refractivity contribution in [2.75, 3.05) is 32.1 Å². The molecule has 1 aliphatic heterocycles. The van der Waals surface area contributed by atoms with Gasteiger partial charge in [-0.3, -0.25) is 0 Å². The van der Waals surface area contributed by atoms with E-state index in [0.717, 1.165) is 12.2 Å². The van der Waals surface area contributed by atoms with Crippen LogP contribution in [0, 0.1) is 11.3 Å². The van der Waals surface area contributed by atoms with Crippen LogP contribution in [-0.2, 0) is 0 Å². The van der Waals surface area contributed by atoms with E-state index in [4.69, 9.17) is 16.9 Å². The van der Waals surface area contributed by atoms with Gasteiger partial charge in [0.25, 0.3) is 0 Å². The molecular formula is C14H18ClN3. The molecular weight excluding hydrogens is 246 g/mol. The van der Waals surface area contributed by atoms with Gasteiger partial charge in [0.05, 0.1) is 10.6 Å². The van der Waals surface area contributed by atoms with Gasteiger partial charge in [0, 0.05) is 25.3 Å². The number of benzene rings is 1. The Labute approximate surface area is 114 Å². The first-order valence-corrected chi connectivity index (χ1v) is 6.60. The molecule has 2 rings (SSSR count). The molecule has 0 aliphatic carbocycles. The Kier molecular flexibility index (Phi) is 4.11. The second kappa shape index (κ2) is 5.60. The molecule has 0 radical (unpaired) electrons. The lowest BCUT2D eigenvalue weighted by Crippen LogP contribution is -2.45. The quantitative estimate of drug-likeness (QED) is 0.822. The Morgan fingerprint density at radius 3 is 2.89 bits per heavy atom. The Morgan fingerprint density at radius 2 is 2.28 bits per heavy atom. The highest BCUT2D eigenvalue weighted by Crippen LogP contribution is 2.26. The lowest BCUT2D eigenvalue weighted by molar-refractivity contribution is 0.248. The summed E-state index contributed by atoms with van der Waals surface area (Å²) in [5.74, 6) is 0. The van der Waals surface area contributed by atoms with Crippen LogP contribution in [-0.4, -0.2) is 38.1 Å². The molecule has 0 amide bonds. The molecule has 0 bridgehead atoms. The summed E-state index contributed by atoms with van der Waals surface area (Å²) in [6, 6.07) is 8.26. The Balaban J connectivity index is 2.15. The molecule has 1 fully saturated rings. The van der Waals surface area contributed by atoms with Gasteiger partial charge < -0.3 is 9.80 Å². The number of hydrogen-bond donors (Lipinski definition) is 0. The number of nitrogens with zero attached hydrogens (tertiary/aromatic N) is 3. The third-order valence-corrected chi connectivity index (χ3v) is 3.94. The van der Waals surface area contributed by atoms with Crippen LogP contribution < -0.4 is 4.90 Å². The first-order valence-electron chi connectivity index (χ1n) is 6.23. The molecule has 0 spiro atoms. The van der Waals surface area contributed by atoms with Crippen molar-refractivity contribution in [3.8, 4) is 6.07 Å². The first kappa shape index (κ1) is 13.2. The summed E-state index contributed by atoms with van der Waals surface area (Å²) in [5, 5.41) is 9.41. The second-order valence-corrected chi connectivity index (χ2v) is 5.35. The van der Waals surface area contributed by atoms with Crippen LogP contribution in [0.25, 0.3) is 0 Å². The van der Waals surface area contributed by atoms with Crippen molar-refractivity contribution in [2.24, 2.45) is 0 Å². The van der Waals surface area contributed by atoms with E-state index < -0.39 is 0 Å². The number of likely N-dealkylation sites (N-methyl/N-ethyl adjacent to an activating group) is 2. The van der Waals surface area contributed by atoms with Crippen LogP contribution in [0.1, 0.15) is 18.4 Å². The van der Waals surface area contributed by atoms with Gasteiger partial charge in [0.15, 0.2) is 0 Å². The van der Waals surface area contributed by atoms with E-state index in [9.17, 15) is 0 Å². The molecule has 1 heterocycles. The van der Waals surface area contributed by atoms with Crippen molar-refractivity contribution in [1.82, 2.24) is 4.90 Å². The number of likely N-dealkylation sites (tertiary alicyclic amines) is 1. The van der Waals surface area contributed by atoms with Crippen molar-refractivity contribution in [3.63, 3.8) is 0 Å². The predicted octanol–water partition coefficient (Wildman–Crippen LogP) is 2.74. The molecule has 1 unspecified atom stereocenters. The number of anilines is 1. The maximum absolute atomic E-state index is 8.88. The van der Waals surface area contributed by atoms with Crippen LogP contribution in [0.4, 0.5) is 5.69 Å². The standard InChI is InChI=1S/C14H18ClN3/c1-17-7-3-4-13(10-17)18(2)12-6-5-11(9-16)14(15)8-12/h5-6,8,13H,3-4,7,10H2,1-2H3. The van der Waals surface area contributed by atoms with Crippen molar-refractivity contribution < 1.29 is 0 Å². The predicted molar refractivity (Wildman–Crippen MR) is 75.1 cm³/mol. The summed E-state index contributed by atoms with van der Waals surface area (Å²) in [4.78, 5) is 4.62. The van der Waals surface area contributed by atoms with E-state index >= 15 is 0 Å². The van der Waals surface area contributed by atoms with Crippen LogP contribution in [0.15, 0.2) is 18.2 Å². The zero-order chi connectivity index (χ0) is 13.1. The van der Waals surface area contributed by atoms with Crippen molar-refractivity contribution in [2.45, 2.75) is 18.9 Å². The highest BCUT2D eigenvalue weighted by atomic mass is 35.5. The van der Waals surface area contributed by atoms with Crippen LogP contribution in [0.2, 0.25) is 5.02 Å². The van der Waals surface area contributed by atoms with Gasteiger partial charge in [-0.2, -0.15) is 5.26 Å². The third kappa shape index (κ3) is 2.77. The minimum atomic E-state index is 0.521. The van der Waals surface area contributed by atoms with Gasteiger partial charge in [-0.25, -0.2) is 0 Å². The maximum atomic E-state index is 8.88. The van der Waals surface area contributed by atoms with Gasteiger partial charge in [0.2, 0.25) is 0 Å². The van der Waals surface area contributed by atoms with E-state index in [0.29, 0.717) is 16.6 Å². The van der Waals surface area contributed by atoms with E-state index in [1.807, 2.05) is 12.1 Å². The number of halogens is 1. The first-order chi connectivity index (χ1) is 8.61. The summed E-state index contributed by atoms with van der Waals surface area (Å²) in [7, 11) is 4.26. The fraction of sp³-hybridized carbons (Fsp3) is 0.500. The Bertz CT molecular complexity index is 467. The summed E-state index contributed by atoms with van der Waals surface area (Å²) in [5.41, 5.74) is 1.62. The minimum absolute atomic E-state index is 0.521. The summed E-state index contributed by atoms with van der Waals surface area (Å²) >= 11 is 6.08. The normalized spacial score (nSPS) is 20.4. The lowest BCUT2D eigenvalue weighted by atomic mass is 10.0. The molecule has 1 aliphatic rings. The van der Waals surface area contributed by atoms with Gasteiger partial charge in [-0.15, -0.1) is 0 Å². The fourth-order valence-corrected chi connectivity index (χ4v) is 2.70. The second-order valence-electron chi connectivity index (χ2n) is 4.95. The minimum Gasteiger partial charge on any atom is -0.370 e. The van der Waals surface area contributed by atoms with Gasteiger partial charge in [-0.05, 0) is 44.6 Å². The third-order valence-electron chi connectivity index (χ3n) is 3.63. The number of piperidine rings is 1. The SMILES string of the molecule is CN1CCCC(N(C)c2ccc(C#N)c(Cl)c2)C1. The van der Waals surface area contributed by atoms with E-state index in [1.54, 1.807) is 6.07 Å². The van der Waals surface area contributed by atoms with Gasteiger partial charge in [-0.1, -0.05) is 11.6 Å². The van der Waals surface area contributed by atoms with E-state index in [1.165, 1.54) is 19.4 Å². The fourth-order valence-electron chi connectivity index (χ4n) is 2.48. The number of nitriles is 1. The molecule has 0 aromatic heterocycles. The zero-order valence-corrected chi connectivity index (χ0v) is 11.6. The van der Waals surface area contributed by atoms with Gasteiger partial charge in [0.1, 0.15) is 6.07 Å². The average Bonchev–Trinajstić information content (AvgIpc) is 2.37. The summed E-state index contributed by atoms with van der Waals surface area (Å²) < 4.78 is 0. The molecule has 1 saturated heterocycles. The molecule has 3 nitrogen and oxygen atoms in total. The Hall–Kier alpha value is -1.24. The molecule has 96 valence electrons. The molecule has 4 heteroatoms. The molecule has 1 aromatic carbocycles. The highest BCUT2D eigenvalue weighted by Gasteiger charge is 2.21. The number of hydrogen-bond acceptors (Lipinski definition) is 3. The van der Waals surface area contributed by atoms with Crippen molar-refractivity contribution >= 4 is 17.3 Å². The summed E-state index contributed by atoms with van der Waals surface area (Å²) in [6.07, 6.45) is 2.44. The van der Waals surface area contributed by atoms with Crippen LogP contribution in [0.5, 0.6) is 0 Å². The topological polar surface area (TPSA) is 30.3 Å². The lowest BCUT2D eigenvalue weighted by Gasteiger charge is -2.37. The van der Waals surface area contributed by atoms with Crippen molar-refractivity contribution in [3.05, 3.63) is 28.8 Å². The number of rotatable bonds is 2. The largest absolute Gasteiger partial charge is 0.370 e. The summed E-state index contributed by atoms with van der Waals surface area (Å²) in [6.45, 7) is 2.26. The van der Waals surface area contributed by atoms with Crippen LogP contribution in [0.3, 0.4) is 0 Å². The Morgan fingerprint density at radius 1 is 1.50 bits per heavy atom. The maximum Gasteiger partial charge on any atom is 0.101 e. The highest BCUT2D eigenvalue weighted by molar-refractivity contribution is 6.32. The molecule has 18 heavy (non-hydrogen) atoms. The smallest absolute Gasteiger partial charge is 0.101 e.